The average Bonchev–Trinajstić information content (AvgIpc) is 2.76. The van der Waals surface area contributed by atoms with Gasteiger partial charge in [-0.05, 0) is 39.0 Å². The lowest BCUT2D eigenvalue weighted by Crippen LogP contribution is -2.22. The van der Waals surface area contributed by atoms with Gasteiger partial charge in [-0.25, -0.2) is 4.98 Å². The van der Waals surface area contributed by atoms with E-state index in [9.17, 15) is 4.79 Å². The predicted octanol–water partition coefficient (Wildman–Crippen LogP) is 2.24. The minimum absolute atomic E-state index is 0.130. The van der Waals surface area contributed by atoms with Crippen molar-refractivity contribution in [1.29, 1.82) is 0 Å². The molecule has 0 aliphatic heterocycles. The number of carbonyl (C=O) groups excluding carboxylic acids is 1. The monoisotopic (exact) mass is 288 g/mol. The summed E-state index contributed by atoms with van der Waals surface area (Å²) in [4.78, 5) is 16.0. The highest BCUT2D eigenvalue weighted by Crippen LogP contribution is 2.21. The topological polar surface area (TPSA) is 93.2 Å². The molecule has 0 radical (unpaired) electrons. The number of aryl methyl sites for hydroxylation is 2. The lowest BCUT2D eigenvalue weighted by Gasteiger charge is -2.09. The van der Waals surface area contributed by atoms with E-state index in [0.29, 0.717) is 30.2 Å². The van der Waals surface area contributed by atoms with Gasteiger partial charge >= 0.3 is 0 Å². The van der Waals surface area contributed by atoms with E-state index in [-0.39, 0.29) is 5.91 Å². The second-order valence-corrected chi connectivity index (χ2v) is 4.76. The summed E-state index contributed by atoms with van der Waals surface area (Å²) in [5.41, 5.74) is 8.65. The normalized spacial score (nSPS) is 10.4. The molecular formula is C15H20N4O2. The van der Waals surface area contributed by atoms with Crippen LogP contribution >= 0.6 is 0 Å². The summed E-state index contributed by atoms with van der Waals surface area (Å²) in [6.45, 7) is 6.68. The van der Waals surface area contributed by atoms with Gasteiger partial charge in [0, 0.05) is 12.1 Å². The van der Waals surface area contributed by atoms with Crippen LogP contribution in [0.2, 0.25) is 0 Å². The van der Waals surface area contributed by atoms with Crippen molar-refractivity contribution < 1.29 is 9.21 Å². The third-order valence-electron chi connectivity index (χ3n) is 3.15. The van der Waals surface area contributed by atoms with Gasteiger partial charge in [0.15, 0.2) is 0 Å². The maximum absolute atomic E-state index is 11.7. The molecule has 4 N–H and O–H groups in total. The smallest absolute Gasteiger partial charge is 0.251 e. The average molecular weight is 288 g/mol. The van der Waals surface area contributed by atoms with Crippen LogP contribution in [0.1, 0.15) is 34.6 Å². The number of nitrogens with one attached hydrogen (secondary N) is 2. The Morgan fingerprint density at radius 1 is 1.38 bits per heavy atom. The highest BCUT2D eigenvalue weighted by atomic mass is 16.4. The van der Waals surface area contributed by atoms with Gasteiger partial charge in [0.05, 0.1) is 23.6 Å². The van der Waals surface area contributed by atoms with Crippen molar-refractivity contribution in [3.63, 3.8) is 0 Å². The Kier molecular flexibility index (Phi) is 4.47. The fourth-order valence-electron chi connectivity index (χ4n) is 1.91. The van der Waals surface area contributed by atoms with Crippen LogP contribution in [-0.2, 0) is 6.54 Å². The Bertz CT molecular complexity index is 630. The molecule has 0 bridgehead atoms. The standard InChI is InChI=1S/C15H20N4O2/c1-4-17-15(20)11-5-6-13(12(16)7-11)18-8-14-19-9(2)10(3)21-14/h5-7,18H,4,8,16H2,1-3H3,(H,17,20). The summed E-state index contributed by atoms with van der Waals surface area (Å²) in [6.07, 6.45) is 0. The van der Waals surface area contributed by atoms with Crippen LogP contribution in [0.3, 0.4) is 0 Å². The second kappa shape index (κ2) is 6.30. The Hall–Kier alpha value is -2.50. The molecule has 0 unspecified atom stereocenters. The molecule has 1 amide bonds. The van der Waals surface area contributed by atoms with Gasteiger partial charge in [-0.15, -0.1) is 0 Å². The van der Waals surface area contributed by atoms with E-state index in [2.05, 4.69) is 15.6 Å². The van der Waals surface area contributed by atoms with Crippen LogP contribution in [0.15, 0.2) is 22.6 Å². The summed E-state index contributed by atoms with van der Waals surface area (Å²) < 4.78 is 5.49. The molecular weight excluding hydrogens is 268 g/mol. The molecule has 6 heteroatoms. The Balaban J connectivity index is 2.05. The van der Waals surface area contributed by atoms with Crippen LogP contribution in [-0.4, -0.2) is 17.4 Å². The molecule has 1 aromatic heterocycles. The molecule has 0 aliphatic rings. The largest absolute Gasteiger partial charge is 0.444 e. The van der Waals surface area contributed by atoms with Crippen molar-refractivity contribution in [3.8, 4) is 0 Å². The Labute approximate surface area is 123 Å². The quantitative estimate of drug-likeness (QED) is 0.734. The summed E-state index contributed by atoms with van der Waals surface area (Å²) in [7, 11) is 0. The fraction of sp³-hybridized carbons (Fsp3) is 0.333. The molecule has 2 aromatic rings. The van der Waals surface area contributed by atoms with Crippen LogP contribution in [0.4, 0.5) is 11.4 Å². The molecule has 0 fully saturated rings. The van der Waals surface area contributed by atoms with Crippen molar-refractivity contribution in [1.82, 2.24) is 10.3 Å². The molecule has 0 spiro atoms. The van der Waals surface area contributed by atoms with Gasteiger partial charge in [0.25, 0.3) is 5.91 Å². The zero-order chi connectivity index (χ0) is 15.4. The zero-order valence-electron chi connectivity index (χ0n) is 12.5. The zero-order valence-corrected chi connectivity index (χ0v) is 12.5. The van der Waals surface area contributed by atoms with E-state index >= 15 is 0 Å². The minimum atomic E-state index is -0.130. The number of benzene rings is 1. The van der Waals surface area contributed by atoms with Crippen LogP contribution < -0.4 is 16.4 Å². The molecule has 6 nitrogen and oxygen atoms in total. The number of nitrogens with two attached hydrogens (primary N) is 1. The first-order valence-electron chi connectivity index (χ1n) is 6.85. The Morgan fingerprint density at radius 2 is 2.14 bits per heavy atom. The fourth-order valence-corrected chi connectivity index (χ4v) is 1.91. The van der Waals surface area contributed by atoms with Gasteiger partial charge < -0.3 is 20.8 Å². The van der Waals surface area contributed by atoms with E-state index < -0.39 is 0 Å². The molecule has 112 valence electrons. The van der Waals surface area contributed by atoms with E-state index in [1.165, 1.54) is 0 Å². The number of carbonyl (C=O) groups is 1. The first kappa shape index (κ1) is 14.9. The predicted molar refractivity (Wildman–Crippen MR) is 82.2 cm³/mol. The lowest BCUT2D eigenvalue weighted by molar-refractivity contribution is 0.0956. The summed E-state index contributed by atoms with van der Waals surface area (Å²) in [6, 6.07) is 5.16. The number of hydrogen-bond acceptors (Lipinski definition) is 5. The van der Waals surface area contributed by atoms with Gasteiger partial charge in [-0.2, -0.15) is 0 Å². The second-order valence-electron chi connectivity index (χ2n) is 4.76. The number of hydrogen-bond donors (Lipinski definition) is 3. The van der Waals surface area contributed by atoms with Crippen molar-refractivity contribution in [2.24, 2.45) is 0 Å². The number of nitrogen functional groups attached to an aromatic ring is 1. The van der Waals surface area contributed by atoms with Gasteiger partial charge in [-0.1, -0.05) is 0 Å². The number of aromatic nitrogens is 1. The maximum atomic E-state index is 11.7. The van der Waals surface area contributed by atoms with Crippen LogP contribution in [0.5, 0.6) is 0 Å². The molecule has 0 atom stereocenters. The third-order valence-corrected chi connectivity index (χ3v) is 3.15. The number of nitrogens with zero attached hydrogens (tertiary/aromatic N) is 1. The van der Waals surface area contributed by atoms with E-state index in [0.717, 1.165) is 17.1 Å². The van der Waals surface area contributed by atoms with E-state index in [1.54, 1.807) is 18.2 Å². The van der Waals surface area contributed by atoms with Gasteiger partial charge in [-0.3, -0.25) is 4.79 Å². The summed E-state index contributed by atoms with van der Waals surface area (Å²) in [5.74, 6) is 1.29. The lowest BCUT2D eigenvalue weighted by atomic mass is 10.1. The van der Waals surface area contributed by atoms with E-state index in [4.69, 9.17) is 10.2 Å². The molecule has 0 aliphatic carbocycles. The molecule has 21 heavy (non-hydrogen) atoms. The van der Waals surface area contributed by atoms with Crippen molar-refractivity contribution in [3.05, 3.63) is 41.1 Å². The molecule has 1 aromatic carbocycles. The molecule has 2 rings (SSSR count). The highest BCUT2D eigenvalue weighted by Gasteiger charge is 2.09. The Morgan fingerprint density at radius 3 is 2.71 bits per heavy atom. The summed E-state index contributed by atoms with van der Waals surface area (Å²) in [5, 5.41) is 5.89. The maximum Gasteiger partial charge on any atom is 0.251 e. The van der Waals surface area contributed by atoms with Crippen LogP contribution in [0.25, 0.3) is 0 Å². The first-order chi connectivity index (χ1) is 10.0. The third kappa shape index (κ3) is 3.53. The van der Waals surface area contributed by atoms with Gasteiger partial charge in [0.1, 0.15) is 5.76 Å². The number of anilines is 2. The SMILES string of the molecule is CCNC(=O)c1ccc(NCc2nc(C)c(C)o2)c(N)c1. The number of rotatable bonds is 5. The van der Waals surface area contributed by atoms with Crippen molar-refractivity contribution >= 4 is 17.3 Å². The van der Waals surface area contributed by atoms with E-state index in [1.807, 2.05) is 20.8 Å². The van der Waals surface area contributed by atoms with Gasteiger partial charge in [0.2, 0.25) is 5.89 Å². The van der Waals surface area contributed by atoms with Crippen molar-refractivity contribution in [2.75, 3.05) is 17.6 Å². The summed E-state index contributed by atoms with van der Waals surface area (Å²) >= 11 is 0. The van der Waals surface area contributed by atoms with Crippen LogP contribution in [0, 0.1) is 13.8 Å². The minimum Gasteiger partial charge on any atom is -0.444 e. The first-order valence-corrected chi connectivity index (χ1v) is 6.85. The molecule has 1 heterocycles. The number of amides is 1. The number of oxazole rings is 1. The molecule has 0 saturated carbocycles. The molecule has 0 saturated heterocycles. The highest BCUT2D eigenvalue weighted by molar-refractivity contribution is 5.96. The van der Waals surface area contributed by atoms with Crippen molar-refractivity contribution in [2.45, 2.75) is 27.3 Å².